The Kier molecular flexibility index (Phi) is 7.39. The predicted molar refractivity (Wildman–Crippen MR) is 235 cm³/mol. The number of aromatic nitrogens is 2. The van der Waals surface area contributed by atoms with Crippen molar-refractivity contribution < 1.29 is 0 Å². The molecule has 2 nitrogen and oxygen atoms in total. The summed E-state index contributed by atoms with van der Waals surface area (Å²) in [5.74, 6) is 0. The summed E-state index contributed by atoms with van der Waals surface area (Å²) >= 11 is 1.91. The molecule has 0 atom stereocenters. The third kappa shape index (κ3) is 5.32. The molecule has 55 heavy (non-hydrogen) atoms. The third-order valence-electron chi connectivity index (χ3n) is 10.9. The normalized spacial score (nSPS) is 11.6. The van der Waals surface area contributed by atoms with E-state index in [0.29, 0.717) is 0 Å². The van der Waals surface area contributed by atoms with Crippen LogP contribution in [0, 0.1) is 0 Å². The molecule has 3 heteroatoms. The zero-order valence-corrected chi connectivity index (χ0v) is 30.6. The Morgan fingerprint density at radius 3 is 1.35 bits per heavy atom. The summed E-state index contributed by atoms with van der Waals surface area (Å²) in [5.41, 5.74) is 14.0. The highest BCUT2D eigenvalue weighted by Crippen LogP contribution is 2.48. The second-order valence-corrected chi connectivity index (χ2v) is 15.2. The number of hydrogen-bond donors (Lipinski definition) is 0. The topological polar surface area (TPSA) is 25.8 Å². The van der Waals surface area contributed by atoms with E-state index < -0.39 is 0 Å². The van der Waals surface area contributed by atoms with Crippen LogP contribution >= 0.6 is 11.3 Å². The first-order valence-corrected chi connectivity index (χ1v) is 19.4. The molecular formula is C52H32N2S. The van der Waals surface area contributed by atoms with Crippen LogP contribution in [0.2, 0.25) is 0 Å². The fraction of sp³-hybridized carbons (Fsp3) is 0. The van der Waals surface area contributed by atoms with Gasteiger partial charge in [-0.25, -0.2) is 0 Å². The molecule has 0 amide bonds. The van der Waals surface area contributed by atoms with Crippen LogP contribution < -0.4 is 0 Å². The molecule has 2 aromatic heterocycles. The maximum atomic E-state index is 4.78. The molecule has 0 aliphatic heterocycles. The van der Waals surface area contributed by atoms with Crippen molar-refractivity contribution in [2.24, 2.45) is 0 Å². The zero-order valence-electron chi connectivity index (χ0n) is 29.8. The zero-order chi connectivity index (χ0) is 36.3. The van der Waals surface area contributed by atoms with E-state index >= 15 is 0 Å². The van der Waals surface area contributed by atoms with Gasteiger partial charge in [0.05, 0.1) is 11.0 Å². The number of fused-ring (bicyclic) bond motifs is 9. The van der Waals surface area contributed by atoms with Gasteiger partial charge in [-0.3, -0.25) is 9.97 Å². The Balaban J connectivity index is 1.16. The lowest BCUT2D eigenvalue weighted by Crippen LogP contribution is -1.89. The SMILES string of the molecule is c1ccc(-c2cc(-c3ccccc3)c3sc4c(-c5cccc(-c6ccc7c(c6)c6ccccc6c6nccnc76)c5)cc(-c5ccccc5)cc4c3c2)cc1. The van der Waals surface area contributed by atoms with Crippen molar-refractivity contribution in [3.05, 3.63) is 194 Å². The highest BCUT2D eigenvalue weighted by Gasteiger charge is 2.19. The largest absolute Gasteiger partial charge is 0.252 e. The van der Waals surface area contributed by atoms with E-state index in [4.69, 9.17) is 9.97 Å². The molecule has 11 aromatic rings. The molecule has 0 N–H and O–H groups in total. The van der Waals surface area contributed by atoms with Gasteiger partial charge in [0.1, 0.15) is 0 Å². The first kappa shape index (κ1) is 31.6. The summed E-state index contributed by atoms with van der Waals surface area (Å²) < 4.78 is 2.60. The van der Waals surface area contributed by atoms with Crippen molar-refractivity contribution in [2.45, 2.75) is 0 Å². The smallest absolute Gasteiger partial charge is 0.0971 e. The van der Waals surface area contributed by atoms with Crippen LogP contribution in [-0.4, -0.2) is 9.97 Å². The van der Waals surface area contributed by atoms with Crippen molar-refractivity contribution in [3.63, 3.8) is 0 Å². The summed E-state index contributed by atoms with van der Waals surface area (Å²) in [6.45, 7) is 0. The second kappa shape index (κ2) is 12.9. The van der Waals surface area contributed by atoms with Gasteiger partial charge < -0.3 is 0 Å². The van der Waals surface area contributed by atoms with Gasteiger partial charge >= 0.3 is 0 Å². The fourth-order valence-electron chi connectivity index (χ4n) is 8.30. The third-order valence-corrected chi connectivity index (χ3v) is 12.2. The molecule has 0 radical (unpaired) electrons. The van der Waals surface area contributed by atoms with Gasteiger partial charge in [-0.2, -0.15) is 0 Å². The van der Waals surface area contributed by atoms with E-state index in [2.05, 4.69) is 182 Å². The molecule has 0 fully saturated rings. The molecule has 0 unspecified atom stereocenters. The van der Waals surface area contributed by atoms with E-state index in [0.717, 1.165) is 21.8 Å². The van der Waals surface area contributed by atoms with E-state index in [1.807, 2.05) is 11.3 Å². The first-order valence-electron chi connectivity index (χ1n) is 18.6. The lowest BCUT2D eigenvalue weighted by Gasteiger charge is -2.13. The van der Waals surface area contributed by atoms with Crippen LogP contribution in [0.4, 0.5) is 0 Å². The summed E-state index contributed by atoms with van der Waals surface area (Å²) in [6.07, 6.45) is 3.57. The van der Waals surface area contributed by atoms with Crippen LogP contribution in [0.1, 0.15) is 0 Å². The van der Waals surface area contributed by atoms with Crippen molar-refractivity contribution >= 4 is 64.1 Å². The second-order valence-electron chi connectivity index (χ2n) is 14.1. The van der Waals surface area contributed by atoms with E-state index in [-0.39, 0.29) is 0 Å². The van der Waals surface area contributed by atoms with Crippen molar-refractivity contribution in [2.75, 3.05) is 0 Å². The molecule has 0 saturated carbocycles. The Morgan fingerprint density at radius 1 is 0.273 bits per heavy atom. The van der Waals surface area contributed by atoms with Crippen LogP contribution in [0.15, 0.2) is 194 Å². The average Bonchev–Trinajstić information content (AvgIpc) is 3.65. The summed E-state index contributed by atoms with van der Waals surface area (Å²) in [4.78, 5) is 9.52. The molecule has 256 valence electrons. The highest BCUT2D eigenvalue weighted by atomic mass is 32.1. The predicted octanol–water partition coefficient (Wildman–Crippen LogP) is 14.6. The molecule has 2 heterocycles. The van der Waals surface area contributed by atoms with Crippen molar-refractivity contribution in [1.29, 1.82) is 0 Å². The molecule has 0 aliphatic rings. The van der Waals surface area contributed by atoms with Crippen LogP contribution in [-0.2, 0) is 0 Å². The van der Waals surface area contributed by atoms with Gasteiger partial charge in [0.2, 0.25) is 0 Å². The van der Waals surface area contributed by atoms with Gasteiger partial charge in [0.25, 0.3) is 0 Å². The Morgan fingerprint density at radius 2 is 0.727 bits per heavy atom. The molecule has 0 bridgehead atoms. The standard InChI is InChI=1S/C52H32N2S/c1-4-13-33(14-5-1)39-29-44(35-17-8-3-9-18-35)51-47(31-39)48-32-40(34-15-6-2-7-16-34)30-45(52(48)55-51)38-20-12-19-36(27-38)37-23-24-43-46(28-37)41-21-10-11-22-42(41)49-50(43)54-26-25-53-49/h1-32H. The minimum atomic E-state index is 0.937. The lowest BCUT2D eigenvalue weighted by molar-refractivity contribution is 1.31. The summed E-state index contributed by atoms with van der Waals surface area (Å²) in [7, 11) is 0. The van der Waals surface area contributed by atoms with Crippen molar-refractivity contribution in [1.82, 2.24) is 9.97 Å². The quantitative estimate of drug-likeness (QED) is 0.166. The van der Waals surface area contributed by atoms with E-state index in [1.54, 1.807) is 12.4 Å². The Labute approximate surface area is 322 Å². The average molecular weight is 717 g/mol. The summed E-state index contributed by atoms with van der Waals surface area (Å²) in [5, 5.41) is 7.18. The van der Waals surface area contributed by atoms with Gasteiger partial charge in [0.15, 0.2) is 0 Å². The number of nitrogens with zero attached hydrogens (tertiary/aromatic N) is 2. The van der Waals surface area contributed by atoms with Gasteiger partial charge in [-0.05, 0) is 91.7 Å². The van der Waals surface area contributed by atoms with Crippen LogP contribution in [0.5, 0.6) is 0 Å². The fourth-order valence-corrected chi connectivity index (χ4v) is 9.63. The highest BCUT2D eigenvalue weighted by molar-refractivity contribution is 7.27. The van der Waals surface area contributed by atoms with Gasteiger partial charge in [-0.1, -0.05) is 146 Å². The number of benzene rings is 9. The summed E-state index contributed by atoms with van der Waals surface area (Å²) in [6, 6.07) is 66.4. The number of hydrogen-bond acceptors (Lipinski definition) is 3. The van der Waals surface area contributed by atoms with Crippen molar-refractivity contribution in [3.8, 4) is 55.6 Å². The van der Waals surface area contributed by atoms with Crippen LogP contribution in [0.3, 0.4) is 0 Å². The molecule has 0 aliphatic carbocycles. The molecule has 9 aromatic carbocycles. The Hall–Kier alpha value is -6.94. The number of thiophene rings is 1. The minimum absolute atomic E-state index is 0.937. The van der Waals surface area contributed by atoms with E-state index in [9.17, 15) is 0 Å². The van der Waals surface area contributed by atoms with Gasteiger partial charge in [0, 0.05) is 54.5 Å². The molecular weight excluding hydrogens is 685 g/mol. The monoisotopic (exact) mass is 716 g/mol. The van der Waals surface area contributed by atoms with Gasteiger partial charge in [-0.15, -0.1) is 11.3 Å². The minimum Gasteiger partial charge on any atom is -0.252 e. The Bertz CT molecular complexity index is 3210. The maximum absolute atomic E-state index is 4.78. The van der Waals surface area contributed by atoms with E-state index in [1.165, 1.54) is 86.6 Å². The lowest BCUT2D eigenvalue weighted by atomic mass is 9.91. The molecule has 11 rings (SSSR count). The maximum Gasteiger partial charge on any atom is 0.0971 e. The number of rotatable bonds is 5. The first-order chi connectivity index (χ1) is 27.3. The van der Waals surface area contributed by atoms with Crippen LogP contribution in [0.25, 0.3) is 108 Å². The molecule has 0 spiro atoms. The molecule has 0 saturated heterocycles.